The van der Waals surface area contributed by atoms with Crippen molar-refractivity contribution in [2.45, 2.75) is 70.2 Å². The fourth-order valence-electron chi connectivity index (χ4n) is 6.48. The van der Waals surface area contributed by atoms with E-state index in [1.807, 2.05) is 79.4 Å². The van der Waals surface area contributed by atoms with E-state index < -0.39 is 11.6 Å². The third kappa shape index (κ3) is 3.69. The molecule has 3 aliphatic rings. The summed E-state index contributed by atoms with van der Waals surface area (Å²) in [5.74, 6) is -0.159. The predicted molar refractivity (Wildman–Crippen MR) is 129 cm³/mol. The fourth-order valence-corrected chi connectivity index (χ4v) is 6.48. The van der Waals surface area contributed by atoms with Crippen LogP contribution in [0.4, 0.5) is 0 Å². The van der Waals surface area contributed by atoms with Crippen molar-refractivity contribution in [1.29, 1.82) is 0 Å². The molecule has 34 heavy (non-hydrogen) atoms. The molecule has 2 bridgehead atoms. The highest BCUT2D eigenvalue weighted by atomic mass is 16.2. The van der Waals surface area contributed by atoms with E-state index in [1.165, 1.54) is 0 Å². The zero-order valence-corrected chi connectivity index (χ0v) is 19.9. The number of hydrogen-bond acceptors (Lipinski definition) is 3. The molecule has 3 amide bonds. The summed E-state index contributed by atoms with van der Waals surface area (Å²) in [6.07, 6.45) is 2.66. The lowest BCUT2D eigenvalue weighted by Crippen LogP contribution is -2.61. The van der Waals surface area contributed by atoms with E-state index in [1.54, 1.807) is 4.90 Å². The minimum Gasteiger partial charge on any atom is -0.350 e. The van der Waals surface area contributed by atoms with E-state index in [9.17, 15) is 14.4 Å². The van der Waals surface area contributed by atoms with Crippen molar-refractivity contribution >= 4 is 17.7 Å². The molecule has 6 nitrogen and oxygen atoms in total. The maximum atomic E-state index is 13.8. The van der Waals surface area contributed by atoms with Crippen molar-refractivity contribution < 1.29 is 14.4 Å². The Kier molecular flexibility index (Phi) is 5.92. The molecule has 0 aliphatic carbocycles. The number of nitrogens with one attached hydrogen (secondary N) is 1. The maximum absolute atomic E-state index is 13.8. The first-order valence-corrected chi connectivity index (χ1v) is 12.4. The molecular formula is C28H33N3O3. The summed E-state index contributed by atoms with van der Waals surface area (Å²) in [4.78, 5) is 44.8. The van der Waals surface area contributed by atoms with E-state index in [0.29, 0.717) is 32.4 Å². The molecule has 3 fully saturated rings. The van der Waals surface area contributed by atoms with Crippen molar-refractivity contribution in [2.24, 2.45) is 11.8 Å². The number of fused-ring (bicyclic) bond motifs is 1. The quantitative estimate of drug-likeness (QED) is 0.689. The van der Waals surface area contributed by atoms with Gasteiger partial charge in [-0.15, -0.1) is 0 Å². The molecule has 1 spiro atoms. The van der Waals surface area contributed by atoms with Crippen LogP contribution in [-0.2, 0) is 27.5 Å². The second kappa shape index (κ2) is 8.90. The largest absolute Gasteiger partial charge is 0.350 e. The van der Waals surface area contributed by atoms with Crippen molar-refractivity contribution in [2.75, 3.05) is 0 Å². The predicted octanol–water partition coefficient (Wildman–Crippen LogP) is 3.51. The van der Waals surface area contributed by atoms with Gasteiger partial charge in [0, 0.05) is 25.6 Å². The molecule has 0 radical (unpaired) electrons. The summed E-state index contributed by atoms with van der Waals surface area (Å²) in [6.45, 7) is 4.85. The first kappa shape index (κ1) is 22.6. The van der Waals surface area contributed by atoms with Crippen LogP contribution < -0.4 is 5.32 Å². The summed E-state index contributed by atoms with van der Waals surface area (Å²) in [5.41, 5.74) is 1.25. The first-order chi connectivity index (χ1) is 16.4. The molecule has 5 rings (SSSR count). The highest BCUT2D eigenvalue weighted by Gasteiger charge is 2.72. The van der Waals surface area contributed by atoms with Gasteiger partial charge in [0.2, 0.25) is 17.7 Å². The van der Waals surface area contributed by atoms with Gasteiger partial charge in [0.1, 0.15) is 6.04 Å². The van der Waals surface area contributed by atoms with E-state index >= 15 is 0 Å². The van der Waals surface area contributed by atoms with Crippen LogP contribution >= 0.6 is 0 Å². The molecular weight excluding hydrogens is 426 g/mol. The lowest BCUT2D eigenvalue weighted by atomic mass is 9.75. The Hall–Kier alpha value is -3.15. The van der Waals surface area contributed by atoms with Gasteiger partial charge < -0.3 is 15.1 Å². The molecule has 3 saturated heterocycles. The summed E-state index contributed by atoms with van der Waals surface area (Å²) in [6, 6.07) is 19.0. The Morgan fingerprint density at radius 2 is 1.68 bits per heavy atom. The zero-order chi connectivity index (χ0) is 23.9. The molecule has 1 N–H and O–H groups in total. The average molecular weight is 460 g/mol. The van der Waals surface area contributed by atoms with E-state index in [0.717, 1.165) is 17.5 Å². The number of carbonyl (C=O) groups is 3. The minimum atomic E-state index is -0.747. The van der Waals surface area contributed by atoms with Gasteiger partial charge in [-0.2, -0.15) is 0 Å². The van der Waals surface area contributed by atoms with Gasteiger partial charge in [-0.25, -0.2) is 0 Å². The highest BCUT2D eigenvalue weighted by molar-refractivity contribution is 5.97. The Labute approximate surface area is 201 Å². The van der Waals surface area contributed by atoms with E-state index in [2.05, 4.69) is 5.32 Å². The summed E-state index contributed by atoms with van der Waals surface area (Å²) in [5, 5.41) is 3.10. The molecule has 3 aliphatic heterocycles. The number of hydrogen-bond donors (Lipinski definition) is 1. The van der Waals surface area contributed by atoms with Gasteiger partial charge in [0.15, 0.2) is 0 Å². The zero-order valence-electron chi connectivity index (χ0n) is 19.9. The van der Waals surface area contributed by atoms with Crippen LogP contribution in [0.5, 0.6) is 0 Å². The first-order valence-electron chi connectivity index (χ1n) is 12.4. The smallest absolute Gasteiger partial charge is 0.245 e. The topological polar surface area (TPSA) is 69.7 Å². The Bertz CT molecular complexity index is 1070. The van der Waals surface area contributed by atoms with Crippen LogP contribution in [0.1, 0.15) is 50.7 Å². The average Bonchev–Trinajstić information content (AvgIpc) is 3.43. The lowest BCUT2D eigenvalue weighted by molar-refractivity contribution is -0.142. The van der Waals surface area contributed by atoms with Gasteiger partial charge in [-0.05, 0) is 36.3 Å². The summed E-state index contributed by atoms with van der Waals surface area (Å²) >= 11 is 0. The highest BCUT2D eigenvalue weighted by Crippen LogP contribution is 2.58. The second-order valence-corrected chi connectivity index (χ2v) is 10.4. The number of nitrogens with zero attached hydrogens (tertiary/aromatic N) is 2. The number of likely N-dealkylation sites (tertiary alicyclic amines) is 1. The van der Waals surface area contributed by atoms with Gasteiger partial charge in [0.25, 0.3) is 0 Å². The second-order valence-electron chi connectivity index (χ2n) is 10.4. The third-order valence-corrected chi connectivity index (χ3v) is 7.77. The normalized spacial score (nSPS) is 27.4. The van der Waals surface area contributed by atoms with Gasteiger partial charge in [-0.3, -0.25) is 14.4 Å². The van der Waals surface area contributed by atoms with Crippen molar-refractivity contribution in [1.82, 2.24) is 15.1 Å². The Balaban J connectivity index is 1.50. The molecule has 2 aromatic rings. The van der Waals surface area contributed by atoms with Gasteiger partial charge in [-0.1, -0.05) is 74.5 Å². The number of carbonyl (C=O) groups excluding carboxylic acids is 3. The van der Waals surface area contributed by atoms with Crippen LogP contribution in [0, 0.1) is 11.8 Å². The number of rotatable bonds is 7. The van der Waals surface area contributed by atoms with Gasteiger partial charge in [0.05, 0.1) is 11.5 Å². The molecule has 0 aromatic heterocycles. The van der Waals surface area contributed by atoms with Crippen molar-refractivity contribution in [3.63, 3.8) is 0 Å². The van der Waals surface area contributed by atoms with Gasteiger partial charge >= 0.3 is 0 Å². The lowest BCUT2D eigenvalue weighted by Gasteiger charge is -2.40. The molecule has 3 heterocycles. The van der Waals surface area contributed by atoms with Crippen molar-refractivity contribution in [3.8, 4) is 0 Å². The molecule has 178 valence electrons. The number of amides is 3. The fraction of sp³-hybridized carbons (Fsp3) is 0.464. The maximum Gasteiger partial charge on any atom is 0.245 e. The van der Waals surface area contributed by atoms with E-state index in [4.69, 9.17) is 0 Å². The van der Waals surface area contributed by atoms with Crippen LogP contribution in [0.25, 0.3) is 0 Å². The Morgan fingerprint density at radius 1 is 1.03 bits per heavy atom. The Morgan fingerprint density at radius 3 is 2.32 bits per heavy atom. The van der Waals surface area contributed by atoms with Crippen LogP contribution in [-0.4, -0.2) is 45.1 Å². The monoisotopic (exact) mass is 459 g/mol. The van der Waals surface area contributed by atoms with Crippen molar-refractivity contribution in [3.05, 3.63) is 71.8 Å². The third-order valence-electron chi connectivity index (χ3n) is 7.77. The molecule has 4 atom stereocenters. The molecule has 2 aromatic carbocycles. The van der Waals surface area contributed by atoms with Crippen LogP contribution in [0.15, 0.2) is 60.7 Å². The molecule has 0 saturated carbocycles. The minimum absolute atomic E-state index is 0.00765. The molecule has 4 unspecified atom stereocenters. The SMILES string of the molecule is CC(C)CC(=O)N1C2CCC13C(C2)C(=O)N(Cc1ccccc1)C3C(=O)NCc1ccccc1. The molecule has 6 heteroatoms. The number of benzene rings is 2. The summed E-state index contributed by atoms with van der Waals surface area (Å²) in [7, 11) is 0. The standard InChI is InChI=1S/C28H33N3O3/c1-19(2)15-24(32)31-22-13-14-28(31)23(16-22)27(34)30(18-21-11-7-4-8-12-21)25(28)26(33)29-17-20-9-5-3-6-10-20/h3-12,19,22-23,25H,13-18H2,1-2H3,(H,29,33). The van der Waals surface area contributed by atoms with Crippen LogP contribution in [0.3, 0.4) is 0 Å². The van der Waals surface area contributed by atoms with Crippen LogP contribution in [0.2, 0.25) is 0 Å². The van der Waals surface area contributed by atoms with E-state index in [-0.39, 0.29) is 35.6 Å². The summed E-state index contributed by atoms with van der Waals surface area (Å²) < 4.78 is 0.